The van der Waals surface area contributed by atoms with Crippen molar-refractivity contribution < 1.29 is 9.59 Å². The van der Waals surface area contributed by atoms with Crippen LogP contribution in [-0.4, -0.2) is 53.3 Å². The van der Waals surface area contributed by atoms with Crippen LogP contribution in [-0.2, 0) is 0 Å². The van der Waals surface area contributed by atoms with E-state index in [1.54, 1.807) is 24.3 Å². The maximum atomic E-state index is 12.2. The van der Waals surface area contributed by atoms with E-state index in [0.717, 1.165) is 25.9 Å². The molecule has 2 aliphatic rings. The van der Waals surface area contributed by atoms with Gasteiger partial charge in [-0.15, -0.1) is 0 Å². The second-order valence-electron chi connectivity index (χ2n) is 5.89. The molecule has 0 aromatic heterocycles. The number of fused-ring (bicyclic) bond motifs is 1. The van der Waals surface area contributed by atoms with Crippen LogP contribution in [0.5, 0.6) is 0 Å². The number of likely N-dealkylation sites (tertiary alicyclic amines) is 1. The van der Waals surface area contributed by atoms with Gasteiger partial charge in [-0.2, -0.15) is 0 Å². The molecule has 5 heteroatoms. The SMILES string of the molecule is CC1C(N)CCN1CCCN1C(=O)c2ccccc2C1=O. The summed E-state index contributed by atoms with van der Waals surface area (Å²) < 4.78 is 0. The summed E-state index contributed by atoms with van der Waals surface area (Å²) in [5, 5.41) is 0. The van der Waals surface area contributed by atoms with Gasteiger partial charge < -0.3 is 5.73 Å². The van der Waals surface area contributed by atoms with Crippen molar-refractivity contribution in [1.29, 1.82) is 0 Å². The molecule has 1 aromatic rings. The van der Waals surface area contributed by atoms with Crippen molar-refractivity contribution in [2.24, 2.45) is 5.73 Å². The van der Waals surface area contributed by atoms with Crippen molar-refractivity contribution in [1.82, 2.24) is 9.80 Å². The molecule has 1 saturated heterocycles. The number of hydrogen-bond donors (Lipinski definition) is 1. The molecule has 1 fully saturated rings. The minimum Gasteiger partial charge on any atom is -0.326 e. The molecule has 2 unspecified atom stereocenters. The molecule has 2 amide bonds. The van der Waals surface area contributed by atoms with Crippen molar-refractivity contribution in [2.75, 3.05) is 19.6 Å². The number of nitrogens with two attached hydrogens (primary N) is 1. The van der Waals surface area contributed by atoms with E-state index in [9.17, 15) is 9.59 Å². The Bertz CT molecular complexity index is 537. The summed E-state index contributed by atoms with van der Waals surface area (Å²) in [5.41, 5.74) is 7.06. The van der Waals surface area contributed by atoms with Gasteiger partial charge in [-0.05, 0) is 31.9 Å². The van der Waals surface area contributed by atoms with Crippen molar-refractivity contribution in [3.05, 3.63) is 35.4 Å². The predicted octanol–water partition coefficient (Wildman–Crippen LogP) is 1.09. The topological polar surface area (TPSA) is 66.6 Å². The molecule has 0 aliphatic carbocycles. The lowest BCUT2D eigenvalue weighted by Gasteiger charge is -2.23. The average Bonchev–Trinajstić information content (AvgIpc) is 2.93. The highest BCUT2D eigenvalue weighted by atomic mass is 16.2. The van der Waals surface area contributed by atoms with Crippen LogP contribution in [0.25, 0.3) is 0 Å². The minimum absolute atomic E-state index is 0.165. The molecule has 5 nitrogen and oxygen atoms in total. The maximum Gasteiger partial charge on any atom is 0.261 e. The Morgan fingerprint density at radius 2 is 1.76 bits per heavy atom. The highest BCUT2D eigenvalue weighted by Crippen LogP contribution is 2.23. The van der Waals surface area contributed by atoms with Crippen LogP contribution in [0.2, 0.25) is 0 Å². The first-order chi connectivity index (χ1) is 10.1. The van der Waals surface area contributed by atoms with E-state index >= 15 is 0 Å². The smallest absolute Gasteiger partial charge is 0.261 e. The van der Waals surface area contributed by atoms with Gasteiger partial charge in [0.05, 0.1) is 11.1 Å². The Morgan fingerprint density at radius 1 is 1.14 bits per heavy atom. The van der Waals surface area contributed by atoms with E-state index in [4.69, 9.17) is 5.73 Å². The summed E-state index contributed by atoms with van der Waals surface area (Å²) >= 11 is 0. The van der Waals surface area contributed by atoms with E-state index in [1.165, 1.54) is 4.90 Å². The summed E-state index contributed by atoms with van der Waals surface area (Å²) in [6, 6.07) is 7.65. The zero-order chi connectivity index (χ0) is 15.0. The predicted molar refractivity (Wildman–Crippen MR) is 80.1 cm³/mol. The first kappa shape index (κ1) is 14.2. The molecule has 21 heavy (non-hydrogen) atoms. The number of carbonyl (C=O) groups excluding carboxylic acids is 2. The average molecular weight is 287 g/mol. The fourth-order valence-corrected chi connectivity index (χ4v) is 3.22. The Morgan fingerprint density at radius 3 is 2.29 bits per heavy atom. The Labute approximate surface area is 124 Å². The molecule has 112 valence electrons. The fraction of sp³-hybridized carbons (Fsp3) is 0.500. The maximum absolute atomic E-state index is 12.2. The van der Waals surface area contributed by atoms with Gasteiger partial charge in [0.1, 0.15) is 0 Å². The molecule has 2 heterocycles. The van der Waals surface area contributed by atoms with Crippen LogP contribution in [0.3, 0.4) is 0 Å². The number of imide groups is 1. The minimum atomic E-state index is -0.165. The van der Waals surface area contributed by atoms with Gasteiger partial charge >= 0.3 is 0 Å². The van der Waals surface area contributed by atoms with Gasteiger partial charge in [0.2, 0.25) is 0 Å². The zero-order valence-corrected chi connectivity index (χ0v) is 12.3. The normalized spacial score (nSPS) is 25.7. The number of rotatable bonds is 4. The molecule has 2 aliphatic heterocycles. The first-order valence-corrected chi connectivity index (χ1v) is 7.54. The van der Waals surface area contributed by atoms with Crippen LogP contribution in [0.4, 0.5) is 0 Å². The first-order valence-electron chi connectivity index (χ1n) is 7.54. The van der Waals surface area contributed by atoms with Crippen LogP contribution in [0.15, 0.2) is 24.3 Å². The summed E-state index contributed by atoms with van der Waals surface area (Å²) in [5.74, 6) is -0.330. The van der Waals surface area contributed by atoms with E-state index in [-0.39, 0.29) is 17.9 Å². The van der Waals surface area contributed by atoms with E-state index in [1.807, 2.05) is 0 Å². The molecular formula is C16H21N3O2. The third kappa shape index (κ3) is 2.47. The molecule has 1 aromatic carbocycles. The quantitative estimate of drug-likeness (QED) is 0.842. The Kier molecular flexibility index (Phi) is 3.78. The molecule has 0 radical (unpaired) electrons. The number of amides is 2. The lowest BCUT2D eigenvalue weighted by molar-refractivity contribution is 0.0647. The summed E-state index contributed by atoms with van der Waals surface area (Å²) in [6.07, 6.45) is 1.82. The van der Waals surface area contributed by atoms with Crippen LogP contribution < -0.4 is 5.73 Å². The molecule has 0 spiro atoms. The molecule has 2 atom stereocenters. The second-order valence-corrected chi connectivity index (χ2v) is 5.89. The van der Waals surface area contributed by atoms with E-state index in [2.05, 4.69) is 11.8 Å². The van der Waals surface area contributed by atoms with Crippen molar-refractivity contribution >= 4 is 11.8 Å². The summed E-state index contributed by atoms with van der Waals surface area (Å²) in [4.78, 5) is 28.1. The van der Waals surface area contributed by atoms with Crippen molar-refractivity contribution in [3.63, 3.8) is 0 Å². The Balaban J connectivity index is 1.58. The number of benzene rings is 1. The van der Waals surface area contributed by atoms with Gasteiger partial charge in [-0.3, -0.25) is 19.4 Å². The summed E-state index contributed by atoms with van der Waals surface area (Å²) in [6.45, 7) is 4.50. The molecule has 0 saturated carbocycles. The fourth-order valence-electron chi connectivity index (χ4n) is 3.22. The third-order valence-corrected chi connectivity index (χ3v) is 4.65. The van der Waals surface area contributed by atoms with Crippen LogP contribution in [0, 0.1) is 0 Å². The zero-order valence-electron chi connectivity index (χ0n) is 12.3. The van der Waals surface area contributed by atoms with Crippen molar-refractivity contribution in [3.8, 4) is 0 Å². The standard InChI is InChI=1S/C16H21N3O2/c1-11-14(17)7-10-18(11)8-4-9-19-15(20)12-5-2-3-6-13(12)16(19)21/h2-3,5-6,11,14H,4,7-10,17H2,1H3. The molecular weight excluding hydrogens is 266 g/mol. The lowest BCUT2D eigenvalue weighted by Crippen LogP contribution is -2.39. The highest BCUT2D eigenvalue weighted by molar-refractivity contribution is 6.21. The van der Waals surface area contributed by atoms with Gasteiger partial charge in [0.15, 0.2) is 0 Å². The largest absolute Gasteiger partial charge is 0.326 e. The second kappa shape index (κ2) is 5.58. The van der Waals surface area contributed by atoms with Gasteiger partial charge in [0, 0.05) is 31.7 Å². The number of hydrogen-bond acceptors (Lipinski definition) is 4. The van der Waals surface area contributed by atoms with Gasteiger partial charge in [-0.1, -0.05) is 12.1 Å². The van der Waals surface area contributed by atoms with E-state index < -0.39 is 0 Å². The number of carbonyl (C=O) groups is 2. The molecule has 2 N–H and O–H groups in total. The third-order valence-electron chi connectivity index (χ3n) is 4.65. The number of nitrogens with zero attached hydrogens (tertiary/aromatic N) is 2. The molecule has 0 bridgehead atoms. The van der Waals surface area contributed by atoms with Gasteiger partial charge in [0.25, 0.3) is 11.8 Å². The lowest BCUT2D eigenvalue weighted by atomic mass is 10.1. The highest BCUT2D eigenvalue weighted by Gasteiger charge is 2.35. The monoisotopic (exact) mass is 287 g/mol. The van der Waals surface area contributed by atoms with Crippen molar-refractivity contribution in [2.45, 2.75) is 31.8 Å². The Hall–Kier alpha value is -1.72. The van der Waals surface area contributed by atoms with Crippen LogP contribution in [0.1, 0.15) is 40.5 Å². The molecule has 3 rings (SSSR count). The van der Waals surface area contributed by atoms with E-state index in [0.29, 0.717) is 23.7 Å². The summed E-state index contributed by atoms with van der Waals surface area (Å²) in [7, 11) is 0. The van der Waals surface area contributed by atoms with Crippen LogP contribution >= 0.6 is 0 Å². The van der Waals surface area contributed by atoms with Gasteiger partial charge in [-0.25, -0.2) is 0 Å².